The molecule has 1 atom stereocenters. The van der Waals surface area contributed by atoms with Crippen LogP contribution in [0.3, 0.4) is 0 Å². The second-order valence-corrected chi connectivity index (χ2v) is 6.48. The molecule has 0 saturated carbocycles. The molecule has 2 nitrogen and oxygen atoms in total. The number of fused-ring (bicyclic) bond motifs is 1. The summed E-state index contributed by atoms with van der Waals surface area (Å²) in [6.07, 6.45) is 1.90. The van der Waals surface area contributed by atoms with Crippen LogP contribution in [0.2, 0.25) is 0 Å². The molecule has 0 amide bonds. The van der Waals surface area contributed by atoms with E-state index in [1.165, 1.54) is 0 Å². The van der Waals surface area contributed by atoms with Crippen LogP contribution in [-0.2, 0) is 9.53 Å². The highest BCUT2D eigenvalue weighted by Crippen LogP contribution is 2.43. The Morgan fingerprint density at radius 2 is 2.00 bits per heavy atom. The van der Waals surface area contributed by atoms with Crippen LogP contribution in [0.25, 0.3) is 5.57 Å². The first kappa shape index (κ1) is 14.6. The molecule has 1 unspecified atom stereocenters. The van der Waals surface area contributed by atoms with Gasteiger partial charge in [-0.05, 0) is 29.0 Å². The minimum atomic E-state index is -0.307. The highest BCUT2D eigenvalue weighted by Gasteiger charge is 2.31. The Balaban J connectivity index is 2.27. The standard InChI is InChI=1S/C18H22O2/c1-6-13-12(2)14-9-7-8-10-15(14)17(13)20-16(19)11-18(3,4)5/h6-10,17H,1,11H2,2-5H3. The van der Waals surface area contributed by atoms with Crippen molar-refractivity contribution in [2.24, 2.45) is 5.41 Å². The molecule has 0 aromatic heterocycles. The Labute approximate surface area is 121 Å². The average molecular weight is 270 g/mol. The summed E-state index contributed by atoms with van der Waals surface area (Å²) >= 11 is 0. The molecule has 0 spiro atoms. The zero-order valence-electron chi connectivity index (χ0n) is 12.7. The third kappa shape index (κ3) is 2.84. The molecule has 0 N–H and O–H groups in total. The molecule has 1 aliphatic carbocycles. The van der Waals surface area contributed by atoms with E-state index in [-0.39, 0.29) is 17.5 Å². The molecule has 0 bridgehead atoms. The fourth-order valence-electron chi connectivity index (χ4n) is 2.58. The molecule has 106 valence electrons. The van der Waals surface area contributed by atoms with Crippen molar-refractivity contribution in [1.82, 2.24) is 0 Å². The van der Waals surface area contributed by atoms with Crippen molar-refractivity contribution >= 4 is 11.5 Å². The van der Waals surface area contributed by atoms with E-state index in [2.05, 4.69) is 12.6 Å². The summed E-state index contributed by atoms with van der Waals surface area (Å²) in [6.45, 7) is 12.0. The SMILES string of the molecule is C=CC1=C(C)c2ccccc2C1OC(=O)CC(C)(C)C. The largest absolute Gasteiger partial charge is 0.452 e. The molecule has 0 heterocycles. The highest BCUT2D eigenvalue weighted by molar-refractivity contribution is 5.80. The van der Waals surface area contributed by atoms with Gasteiger partial charge in [-0.15, -0.1) is 0 Å². The molecule has 0 radical (unpaired) electrons. The summed E-state index contributed by atoms with van der Waals surface area (Å²) in [6, 6.07) is 8.06. The predicted molar refractivity (Wildman–Crippen MR) is 82.1 cm³/mol. The van der Waals surface area contributed by atoms with Gasteiger partial charge in [0.15, 0.2) is 6.10 Å². The van der Waals surface area contributed by atoms with Gasteiger partial charge >= 0.3 is 5.97 Å². The molecule has 0 saturated heterocycles. The van der Waals surface area contributed by atoms with E-state index in [4.69, 9.17) is 4.74 Å². The van der Waals surface area contributed by atoms with Crippen molar-refractivity contribution in [3.63, 3.8) is 0 Å². The molecule has 2 rings (SSSR count). The molecular formula is C18H22O2. The fourth-order valence-corrected chi connectivity index (χ4v) is 2.58. The van der Waals surface area contributed by atoms with Crippen LogP contribution in [0, 0.1) is 5.41 Å². The van der Waals surface area contributed by atoms with Crippen molar-refractivity contribution < 1.29 is 9.53 Å². The molecule has 0 aliphatic heterocycles. The average Bonchev–Trinajstić information content (AvgIpc) is 2.61. The smallest absolute Gasteiger partial charge is 0.307 e. The zero-order valence-corrected chi connectivity index (χ0v) is 12.7. The van der Waals surface area contributed by atoms with E-state index in [0.717, 1.165) is 22.3 Å². The summed E-state index contributed by atoms with van der Waals surface area (Å²) in [4.78, 5) is 12.1. The normalized spacial score (nSPS) is 17.9. The van der Waals surface area contributed by atoms with E-state index >= 15 is 0 Å². The monoisotopic (exact) mass is 270 g/mol. The first-order chi connectivity index (χ1) is 9.33. The number of carbonyl (C=O) groups is 1. The topological polar surface area (TPSA) is 26.3 Å². The number of hydrogen-bond acceptors (Lipinski definition) is 2. The van der Waals surface area contributed by atoms with Gasteiger partial charge < -0.3 is 4.74 Å². The summed E-state index contributed by atoms with van der Waals surface area (Å²) in [5, 5.41) is 0. The Bertz CT molecular complexity index is 573. The summed E-state index contributed by atoms with van der Waals surface area (Å²) in [7, 11) is 0. The van der Waals surface area contributed by atoms with Crippen LogP contribution in [-0.4, -0.2) is 5.97 Å². The first-order valence-electron chi connectivity index (χ1n) is 6.95. The lowest BCUT2D eigenvalue weighted by atomic mass is 9.92. The quantitative estimate of drug-likeness (QED) is 0.745. The number of benzene rings is 1. The van der Waals surface area contributed by atoms with Crippen LogP contribution < -0.4 is 0 Å². The van der Waals surface area contributed by atoms with Crippen LogP contribution in [0.1, 0.15) is 51.3 Å². The number of ether oxygens (including phenoxy) is 1. The van der Waals surface area contributed by atoms with Crippen LogP contribution >= 0.6 is 0 Å². The number of esters is 1. The van der Waals surface area contributed by atoms with Crippen molar-refractivity contribution in [3.05, 3.63) is 53.6 Å². The van der Waals surface area contributed by atoms with Gasteiger partial charge in [0.2, 0.25) is 0 Å². The number of carbonyl (C=O) groups excluding carboxylic acids is 1. The second-order valence-electron chi connectivity index (χ2n) is 6.48. The minimum absolute atomic E-state index is 0.0672. The first-order valence-corrected chi connectivity index (χ1v) is 6.95. The lowest BCUT2D eigenvalue weighted by Crippen LogP contribution is -2.18. The van der Waals surface area contributed by atoms with E-state index in [0.29, 0.717) is 6.42 Å². The Kier molecular flexibility index (Phi) is 3.85. The van der Waals surface area contributed by atoms with E-state index in [1.807, 2.05) is 45.9 Å². The van der Waals surface area contributed by atoms with Crippen molar-refractivity contribution in [1.29, 1.82) is 0 Å². The Morgan fingerprint density at radius 3 is 2.60 bits per heavy atom. The van der Waals surface area contributed by atoms with Crippen molar-refractivity contribution in [3.8, 4) is 0 Å². The third-order valence-corrected chi connectivity index (χ3v) is 3.51. The van der Waals surface area contributed by atoms with Gasteiger partial charge in [0.05, 0.1) is 6.42 Å². The molecule has 1 aliphatic rings. The number of hydrogen-bond donors (Lipinski definition) is 0. The maximum Gasteiger partial charge on any atom is 0.307 e. The van der Waals surface area contributed by atoms with Crippen molar-refractivity contribution in [2.75, 3.05) is 0 Å². The maximum atomic E-state index is 12.1. The minimum Gasteiger partial charge on any atom is -0.452 e. The van der Waals surface area contributed by atoms with Gasteiger partial charge in [-0.1, -0.05) is 57.7 Å². The Hall–Kier alpha value is -1.83. The van der Waals surface area contributed by atoms with E-state index in [9.17, 15) is 4.79 Å². The molecule has 1 aromatic rings. The van der Waals surface area contributed by atoms with Crippen LogP contribution in [0.5, 0.6) is 0 Å². The van der Waals surface area contributed by atoms with Gasteiger partial charge in [-0.3, -0.25) is 4.79 Å². The van der Waals surface area contributed by atoms with Gasteiger partial charge in [0.1, 0.15) is 0 Å². The molecule has 20 heavy (non-hydrogen) atoms. The molecule has 2 heteroatoms. The Morgan fingerprint density at radius 1 is 1.35 bits per heavy atom. The summed E-state index contributed by atoms with van der Waals surface area (Å²) in [5.74, 6) is -0.161. The zero-order chi connectivity index (χ0) is 14.9. The highest BCUT2D eigenvalue weighted by atomic mass is 16.5. The van der Waals surface area contributed by atoms with Gasteiger partial charge in [-0.25, -0.2) is 0 Å². The fraction of sp³-hybridized carbons (Fsp3) is 0.389. The molecular weight excluding hydrogens is 248 g/mol. The van der Waals surface area contributed by atoms with Crippen LogP contribution in [0.15, 0.2) is 42.5 Å². The third-order valence-electron chi connectivity index (χ3n) is 3.51. The lowest BCUT2D eigenvalue weighted by Gasteiger charge is -2.21. The predicted octanol–water partition coefficient (Wildman–Crippen LogP) is 4.68. The second kappa shape index (κ2) is 5.28. The summed E-state index contributed by atoms with van der Waals surface area (Å²) < 4.78 is 5.72. The van der Waals surface area contributed by atoms with Crippen molar-refractivity contribution in [2.45, 2.75) is 40.2 Å². The van der Waals surface area contributed by atoms with Crippen LogP contribution in [0.4, 0.5) is 0 Å². The number of rotatable bonds is 3. The van der Waals surface area contributed by atoms with E-state index < -0.39 is 0 Å². The number of allylic oxidation sites excluding steroid dienone is 1. The van der Waals surface area contributed by atoms with Gasteiger partial charge in [0.25, 0.3) is 0 Å². The van der Waals surface area contributed by atoms with E-state index in [1.54, 1.807) is 6.08 Å². The molecule has 0 fully saturated rings. The lowest BCUT2D eigenvalue weighted by molar-refractivity contribution is -0.149. The summed E-state index contributed by atoms with van der Waals surface area (Å²) in [5.41, 5.74) is 4.28. The van der Waals surface area contributed by atoms with Gasteiger partial charge in [-0.2, -0.15) is 0 Å². The van der Waals surface area contributed by atoms with Gasteiger partial charge in [0, 0.05) is 5.56 Å². The maximum absolute atomic E-state index is 12.1. The molecule has 1 aromatic carbocycles.